The molecule has 1 heterocycles. The third-order valence-electron chi connectivity index (χ3n) is 4.24. The summed E-state index contributed by atoms with van der Waals surface area (Å²) in [6.45, 7) is 0. The standard InChI is InChI=1S/C19H18ClN5O5S/c1-24-18(11-4-7-15(29-2)16(8-11)30-3)22-23-19(24)31-10-17(26)21-12-5-6-13(20)14(9-12)25(27)28/h4-9H,10H2,1-3H3,(H,21,26). The van der Waals surface area contributed by atoms with Crippen LogP contribution in [0.25, 0.3) is 11.4 Å². The maximum Gasteiger partial charge on any atom is 0.289 e. The molecular formula is C19H18ClN5O5S. The molecule has 3 aromatic rings. The zero-order valence-electron chi connectivity index (χ0n) is 16.8. The topological polar surface area (TPSA) is 121 Å². The summed E-state index contributed by atoms with van der Waals surface area (Å²) in [6, 6.07) is 9.46. The minimum Gasteiger partial charge on any atom is -0.493 e. The van der Waals surface area contributed by atoms with Crippen molar-refractivity contribution in [2.45, 2.75) is 5.16 Å². The molecule has 0 atom stereocenters. The molecule has 0 unspecified atom stereocenters. The molecule has 31 heavy (non-hydrogen) atoms. The molecule has 162 valence electrons. The van der Waals surface area contributed by atoms with Crippen LogP contribution in [0.4, 0.5) is 11.4 Å². The summed E-state index contributed by atoms with van der Waals surface area (Å²) in [6.07, 6.45) is 0. The van der Waals surface area contributed by atoms with Gasteiger partial charge < -0.3 is 19.4 Å². The number of nitro benzene ring substituents is 1. The SMILES string of the molecule is COc1ccc(-c2nnc(SCC(=O)Nc3ccc(Cl)c([N+](=O)[O-])c3)n2C)cc1OC. The van der Waals surface area contributed by atoms with Crippen molar-refractivity contribution in [3.8, 4) is 22.9 Å². The van der Waals surface area contributed by atoms with Gasteiger partial charge in [-0.25, -0.2) is 0 Å². The van der Waals surface area contributed by atoms with Gasteiger partial charge in [0.1, 0.15) is 5.02 Å². The number of halogens is 1. The Labute approximate surface area is 186 Å². The summed E-state index contributed by atoms with van der Waals surface area (Å²) in [4.78, 5) is 22.6. The Balaban J connectivity index is 1.68. The zero-order chi connectivity index (χ0) is 22.5. The second-order valence-corrected chi connectivity index (χ2v) is 7.54. The van der Waals surface area contributed by atoms with Crippen LogP contribution in [0.1, 0.15) is 0 Å². The van der Waals surface area contributed by atoms with E-state index < -0.39 is 4.92 Å². The smallest absolute Gasteiger partial charge is 0.289 e. The summed E-state index contributed by atoms with van der Waals surface area (Å²) < 4.78 is 12.3. The molecule has 0 saturated heterocycles. The first-order valence-electron chi connectivity index (χ1n) is 8.82. The van der Waals surface area contributed by atoms with Gasteiger partial charge in [0.2, 0.25) is 5.91 Å². The third-order valence-corrected chi connectivity index (χ3v) is 5.58. The molecule has 0 radical (unpaired) electrons. The lowest BCUT2D eigenvalue weighted by Gasteiger charge is -2.09. The van der Waals surface area contributed by atoms with Gasteiger partial charge in [0.05, 0.1) is 24.9 Å². The molecule has 12 heteroatoms. The number of hydrogen-bond donors (Lipinski definition) is 1. The number of thioether (sulfide) groups is 1. The largest absolute Gasteiger partial charge is 0.493 e. The van der Waals surface area contributed by atoms with Crippen LogP contribution in [-0.2, 0) is 11.8 Å². The lowest BCUT2D eigenvalue weighted by molar-refractivity contribution is -0.384. The molecule has 1 N–H and O–H groups in total. The predicted molar refractivity (Wildman–Crippen MR) is 117 cm³/mol. The van der Waals surface area contributed by atoms with Crippen LogP contribution in [0.2, 0.25) is 5.02 Å². The molecule has 0 spiro atoms. The number of aromatic nitrogens is 3. The molecular weight excluding hydrogens is 446 g/mol. The van der Waals surface area contributed by atoms with E-state index in [1.807, 2.05) is 6.07 Å². The molecule has 0 aliphatic rings. The van der Waals surface area contributed by atoms with Crippen LogP contribution in [0.3, 0.4) is 0 Å². The number of amides is 1. The summed E-state index contributed by atoms with van der Waals surface area (Å²) >= 11 is 6.97. The van der Waals surface area contributed by atoms with Crippen molar-refractivity contribution in [1.29, 1.82) is 0 Å². The first-order valence-corrected chi connectivity index (χ1v) is 10.2. The average molecular weight is 464 g/mol. The van der Waals surface area contributed by atoms with Crippen molar-refractivity contribution in [1.82, 2.24) is 14.8 Å². The van der Waals surface area contributed by atoms with Gasteiger partial charge in [0, 0.05) is 24.4 Å². The van der Waals surface area contributed by atoms with Crippen LogP contribution >= 0.6 is 23.4 Å². The Bertz CT molecular complexity index is 1140. The summed E-state index contributed by atoms with van der Waals surface area (Å²) in [5, 5.41) is 22.4. The number of methoxy groups -OCH3 is 2. The zero-order valence-corrected chi connectivity index (χ0v) is 18.4. The van der Waals surface area contributed by atoms with E-state index in [-0.39, 0.29) is 28.1 Å². The van der Waals surface area contributed by atoms with E-state index in [4.69, 9.17) is 21.1 Å². The Hall–Kier alpha value is -3.31. The molecule has 1 amide bonds. The van der Waals surface area contributed by atoms with Crippen LogP contribution in [-0.4, -0.2) is 45.6 Å². The van der Waals surface area contributed by atoms with Crippen LogP contribution in [0.15, 0.2) is 41.6 Å². The van der Waals surface area contributed by atoms with Crippen molar-refractivity contribution in [2.75, 3.05) is 25.3 Å². The van der Waals surface area contributed by atoms with Crippen molar-refractivity contribution in [2.24, 2.45) is 7.05 Å². The molecule has 10 nitrogen and oxygen atoms in total. The van der Waals surface area contributed by atoms with Crippen molar-refractivity contribution in [3.63, 3.8) is 0 Å². The van der Waals surface area contributed by atoms with Gasteiger partial charge in [-0.2, -0.15) is 0 Å². The third kappa shape index (κ3) is 5.06. The highest BCUT2D eigenvalue weighted by atomic mass is 35.5. The second-order valence-electron chi connectivity index (χ2n) is 6.20. The van der Waals surface area contributed by atoms with E-state index in [1.54, 1.807) is 38.0 Å². The number of hydrogen-bond acceptors (Lipinski definition) is 8. The first-order chi connectivity index (χ1) is 14.8. The first kappa shape index (κ1) is 22.4. The van der Waals surface area contributed by atoms with Gasteiger partial charge in [0.25, 0.3) is 5.69 Å². The second kappa shape index (κ2) is 9.67. The highest BCUT2D eigenvalue weighted by Gasteiger charge is 2.17. The quantitative estimate of drug-likeness (QED) is 0.304. The maximum absolute atomic E-state index is 12.3. The van der Waals surface area contributed by atoms with Crippen molar-refractivity contribution < 1.29 is 19.2 Å². The van der Waals surface area contributed by atoms with E-state index in [1.165, 1.54) is 30.0 Å². The molecule has 3 rings (SSSR count). The lowest BCUT2D eigenvalue weighted by Crippen LogP contribution is -2.14. The van der Waals surface area contributed by atoms with Crippen molar-refractivity contribution >= 4 is 40.6 Å². The normalized spacial score (nSPS) is 10.6. The maximum atomic E-state index is 12.3. The molecule has 0 saturated carbocycles. The lowest BCUT2D eigenvalue weighted by atomic mass is 10.2. The fourth-order valence-corrected chi connectivity index (χ4v) is 3.62. The number of nitro groups is 1. The Morgan fingerprint density at radius 3 is 2.61 bits per heavy atom. The number of nitrogens with zero attached hydrogens (tertiary/aromatic N) is 4. The van der Waals surface area contributed by atoms with E-state index >= 15 is 0 Å². The van der Waals surface area contributed by atoms with Crippen LogP contribution in [0, 0.1) is 10.1 Å². The number of carbonyl (C=O) groups is 1. The predicted octanol–water partition coefficient (Wildman–Crippen LogP) is 3.79. The fraction of sp³-hybridized carbons (Fsp3) is 0.211. The number of ether oxygens (including phenoxy) is 2. The van der Waals surface area contributed by atoms with Gasteiger partial charge in [-0.15, -0.1) is 10.2 Å². The molecule has 0 fully saturated rings. The molecule has 2 aromatic carbocycles. The number of anilines is 1. The highest BCUT2D eigenvalue weighted by Crippen LogP contribution is 2.32. The molecule has 0 aliphatic heterocycles. The van der Waals surface area contributed by atoms with Crippen LogP contribution < -0.4 is 14.8 Å². The number of nitrogens with one attached hydrogen (secondary N) is 1. The van der Waals surface area contributed by atoms with Gasteiger partial charge in [-0.05, 0) is 30.3 Å². The summed E-state index contributed by atoms with van der Waals surface area (Å²) in [5.74, 6) is 1.44. The van der Waals surface area contributed by atoms with Gasteiger partial charge >= 0.3 is 0 Å². The average Bonchev–Trinajstić information content (AvgIpc) is 3.13. The van der Waals surface area contributed by atoms with E-state index in [0.717, 1.165) is 5.56 Å². The Morgan fingerprint density at radius 1 is 1.19 bits per heavy atom. The Kier molecular flexibility index (Phi) is 6.98. The molecule has 0 bridgehead atoms. The number of benzene rings is 2. The van der Waals surface area contributed by atoms with Gasteiger partial charge in [-0.3, -0.25) is 14.9 Å². The molecule has 1 aromatic heterocycles. The fourth-order valence-electron chi connectivity index (χ4n) is 2.72. The highest BCUT2D eigenvalue weighted by molar-refractivity contribution is 7.99. The monoisotopic (exact) mass is 463 g/mol. The minimum atomic E-state index is -0.609. The number of carbonyl (C=O) groups excluding carboxylic acids is 1. The minimum absolute atomic E-state index is 0.000787. The van der Waals surface area contributed by atoms with Crippen LogP contribution in [0.5, 0.6) is 11.5 Å². The number of rotatable bonds is 8. The summed E-state index contributed by atoms with van der Waals surface area (Å²) in [5.41, 5.74) is 0.781. The van der Waals surface area contributed by atoms with Crippen molar-refractivity contribution in [3.05, 3.63) is 51.5 Å². The molecule has 0 aliphatic carbocycles. The van der Waals surface area contributed by atoms with E-state index in [9.17, 15) is 14.9 Å². The summed E-state index contributed by atoms with van der Waals surface area (Å²) in [7, 11) is 4.89. The Morgan fingerprint density at radius 2 is 1.94 bits per heavy atom. The van der Waals surface area contributed by atoms with Gasteiger partial charge in [-0.1, -0.05) is 23.4 Å². The van der Waals surface area contributed by atoms with E-state index in [2.05, 4.69) is 15.5 Å². The van der Waals surface area contributed by atoms with E-state index in [0.29, 0.717) is 22.5 Å². The van der Waals surface area contributed by atoms with Gasteiger partial charge in [0.15, 0.2) is 22.5 Å².